The van der Waals surface area contributed by atoms with Gasteiger partial charge in [0.1, 0.15) is 5.60 Å². The van der Waals surface area contributed by atoms with Gasteiger partial charge in [0.25, 0.3) is 0 Å². The molecule has 1 aromatic rings. The first kappa shape index (κ1) is 22.4. The summed E-state index contributed by atoms with van der Waals surface area (Å²) >= 11 is 2.19. The van der Waals surface area contributed by atoms with Crippen molar-refractivity contribution in [2.45, 2.75) is 64.1 Å². The Kier molecular flexibility index (Phi) is 7.55. The van der Waals surface area contributed by atoms with Gasteiger partial charge >= 0.3 is 6.09 Å². The topological polar surface area (TPSA) is 47.6 Å². The van der Waals surface area contributed by atoms with E-state index >= 15 is 0 Å². The maximum absolute atomic E-state index is 12.4. The molecular formula is C21H32INO3Si. The molecule has 1 N–H and O–H groups in total. The minimum atomic E-state index is -1.82. The van der Waals surface area contributed by atoms with E-state index in [1.165, 1.54) is 5.19 Å². The van der Waals surface area contributed by atoms with Crippen molar-refractivity contribution in [3.63, 3.8) is 0 Å². The molecule has 0 bridgehead atoms. The second-order valence-corrected chi connectivity index (χ2v) is 14.3. The predicted octanol–water partition coefficient (Wildman–Crippen LogP) is 4.85. The Morgan fingerprint density at radius 2 is 1.96 bits per heavy atom. The van der Waals surface area contributed by atoms with Gasteiger partial charge in [-0.3, -0.25) is 0 Å². The Balaban J connectivity index is 2.28. The van der Waals surface area contributed by atoms with Crippen LogP contribution in [0.2, 0.25) is 18.6 Å². The first-order valence-electron chi connectivity index (χ1n) is 9.50. The van der Waals surface area contributed by atoms with Crippen LogP contribution in [0.4, 0.5) is 4.79 Å². The summed E-state index contributed by atoms with van der Waals surface area (Å²) in [6.45, 7) is 13.4. The fraction of sp³-hybridized carbons (Fsp3) is 0.571. The zero-order chi connectivity index (χ0) is 20.2. The van der Waals surface area contributed by atoms with E-state index in [9.17, 15) is 4.79 Å². The Morgan fingerprint density at radius 1 is 1.33 bits per heavy atom. The third kappa shape index (κ3) is 5.81. The van der Waals surface area contributed by atoms with Gasteiger partial charge < -0.3 is 14.8 Å². The van der Waals surface area contributed by atoms with Crippen LogP contribution in [0.25, 0.3) is 0 Å². The van der Waals surface area contributed by atoms with E-state index in [1.807, 2.05) is 30.9 Å². The summed E-state index contributed by atoms with van der Waals surface area (Å²) in [6.07, 6.45) is 1.55. The normalized spacial score (nSPS) is 24.8. The molecule has 0 unspecified atom stereocenters. The highest BCUT2D eigenvalue weighted by molar-refractivity contribution is 14.1. The van der Waals surface area contributed by atoms with E-state index in [4.69, 9.17) is 9.47 Å². The van der Waals surface area contributed by atoms with Crippen molar-refractivity contribution in [3.05, 3.63) is 40.5 Å². The Labute approximate surface area is 178 Å². The van der Waals surface area contributed by atoms with Crippen LogP contribution < -0.4 is 10.5 Å². The zero-order valence-corrected chi connectivity index (χ0v) is 20.3. The van der Waals surface area contributed by atoms with Crippen LogP contribution in [0, 0.1) is 5.92 Å². The minimum Gasteiger partial charge on any atom is -0.444 e. The van der Waals surface area contributed by atoms with E-state index < -0.39 is 19.8 Å². The summed E-state index contributed by atoms with van der Waals surface area (Å²) in [7, 11) is -1.82. The Hall–Kier alpha value is -0.863. The van der Waals surface area contributed by atoms with Gasteiger partial charge in [0.05, 0.1) is 20.2 Å². The molecule has 0 spiro atoms. The van der Waals surface area contributed by atoms with Crippen molar-refractivity contribution in [2.24, 2.45) is 5.92 Å². The number of carbonyl (C=O) groups is 1. The second-order valence-electron chi connectivity index (χ2n) is 8.88. The molecule has 1 amide bonds. The molecule has 1 saturated heterocycles. The Bertz CT molecular complexity index is 657. The molecule has 0 saturated carbocycles. The van der Waals surface area contributed by atoms with E-state index in [0.29, 0.717) is 11.5 Å². The SMILES string of the molecule is C[C@@H]1CO[C@H]([C@H](/C=C\I)NC(=O)OC(C)(C)C)[C@H]1[Si](C)(C)c1ccccc1. The number of hydrogen-bond acceptors (Lipinski definition) is 3. The highest BCUT2D eigenvalue weighted by Crippen LogP contribution is 2.42. The van der Waals surface area contributed by atoms with Crippen molar-refractivity contribution in [2.75, 3.05) is 6.61 Å². The lowest BCUT2D eigenvalue weighted by atomic mass is 10.0. The van der Waals surface area contributed by atoms with Crippen LogP contribution >= 0.6 is 22.6 Å². The average molecular weight is 501 g/mol. The number of alkyl carbamates (subject to hydrolysis) is 1. The fourth-order valence-electron chi connectivity index (χ4n) is 4.06. The van der Waals surface area contributed by atoms with Crippen LogP contribution in [0.1, 0.15) is 27.7 Å². The number of hydrogen-bond donors (Lipinski definition) is 1. The monoisotopic (exact) mass is 501 g/mol. The summed E-state index contributed by atoms with van der Waals surface area (Å²) in [4.78, 5) is 12.4. The molecule has 0 aliphatic carbocycles. The highest BCUT2D eigenvalue weighted by Gasteiger charge is 2.49. The standard InChI is InChI=1S/C21H32INO3Si/c1-15-14-25-18(17(12-13-22)23-20(24)26-21(2,3)4)19(15)27(5,6)16-10-8-7-9-11-16/h7-13,15,17-19H,14H2,1-6H3,(H,23,24)/b13-12-/t15-,17+,18-,19+/m1/s1. The lowest BCUT2D eigenvalue weighted by molar-refractivity contribution is 0.0412. The van der Waals surface area contributed by atoms with Crippen molar-refractivity contribution in [1.82, 2.24) is 5.32 Å². The number of nitrogens with one attached hydrogen (secondary N) is 1. The summed E-state index contributed by atoms with van der Waals surface area (Å²) < 4.78 is 13.7. The highest BCUT2D eigenvalue weighted by atomic mass is 127. The quantitative estimate of drug-likeness (QED) is 0.464. The number of benzene rings is 1. The zero-order valence-electron chi connectivity index (χ0n) is 17.2. The smallest absolute Gasteiger partial charge is 0.408 e. The van der Waals surface area contributed by atoms with Crippen molar-refractivity contribution in [3.8, 4) is 0 Å². The van der Waals surface area contributed by atoms with Crippen molar-refractivity contribution in [1.29, 1.82) is 0 Å². The molecule has 27 heavy (non-hydrogen) atoms. The third-order valence-electron chi connectivity index (χ3n) is 5.19. The minimum absolute atomic E-state index is 0.0552. The number of amides is 1. The van der Waals surface area contributed by atoms with Crippen LogP contribution in [-0.4, -0.2) is 38.5 Å². The molecule has 1 heterocycles. The molecule has 1 fully saturated rings. The molecule has 150 valence electrons. The summed E-state index contributed by atoms with van der Waals surface area (Å²) in [5.74, 6) is 0.447. The number of ether oxygens (including phenoxy) is 2. The lowest BCUT2D eigenvalue weighted by Gasteiger charge is -2.38. The molecule has 0 radical (unpaired) electrons. The molecule has 6 heteroatoms. The number of rotatable bonds is 5. The van der Waals surface area contributed by atoms with Crippen LogP contribution in [0.5, 0.6) is 0 Å². The van der Waals surface area contributed by atoms with E-state index in [2.05, 4.69) is 78.3 Å². The first-order valence-corrected chi connectivity index (χ1v) is 13.8. The summed E-state index contributed by atoms with van der Waals surface area (Å²) in [6, 6.07) is 10.5. The first-order chi connectivity index (χ1) is 12.6. The maximum Gasteiger partial charge on any atom is 0.408 e. The van der Waals surface area contributed by atoms with E-state index in [-0.39, 0.29) is 12.1 Å². The molecule has 4 nitrogen and oxygen atoms in total. The largest absolute Gasteiger partial charge is 0.444 e. The van der Waals surface area contributed by atoms with E-state index in [0.717, 1.165) is 6.61 Å². The van der Waals surface area contributed by atoms with E-state index in [1.54, 1.807) is 0 Å². The van der Waals surface area contributed by atoms with Gasteiger partial charge in [-0.25, -0.2) is 4.79 Å². The summed E-state index contributed by atoms with van der Waals surface area (Å²) in [5, 5.41) is 4.46. The molecule has 2 rings (SSSR count). The Morgan fingerprint density at radius 3 is 2.52 bits per heavy atom. The number of carbonyl (C=O) groups excluding carboxylic acids is 1. The third-order valence-corrected chi connectivity index (χ3v) is 9.99. The van der Waals surface area contributed by atoms with Crippen LogP contribution in [-0.2, 0) is 9.47 Å². The molecule has 0 aromatic heterocycles. The van der Waals surface area contributed by atoms with Crippen LogP contribution in [0.3, 0.4) is 0 Å². The van der Waals surface area contributed by atoms with Gasteiger partial charge in [0.2, 0.25) is 0 Å². The lowest BCUT2D eigenvalue weighted by Crippen LogP contribution is -2.55. The summed E-state index contributed by atoms with van der Waals surface area (Å²) in [5.41, 5.74) is -0.128. The number of halogens is 1. The van der Waals surface area contributed by atoms with Crippen molar-refractivity contribution >= 4 is 41.9 Å². The maximum atomic E-state index is 12.4. The molecule has 4 atom stereocenters. The van der Waals surface area contributed by atoms with Crippen LogP contribution in [0.15, 0.2) is 40.5 Å². The molecular weight excluding hydrogens is 469 g/mol. The van der Waals surface area contributed by atoms with Gasteiger partial charge in [-0.2, -0.15) is 0 Å². The van der Waals surface area contributed by atoms with Crippen molar-refractivity contribution < 1.29 is 14.3 Å². The van der Waals surface area contributed by atoms with Gasteiger partial charge in [0.15, 0.2) is 0 Å². The predicted molar refractivity (Wildman–Crippen MR) is 123 cm³/mol. The average Bonchev–Trinajstić information content (AvgIpc) is 2.96. The molecule has 1 aromatic carbocycles. The fourth-order valence-corrected chi connectivity index (χ4v) is 8.59. The van der Waals surface area contributed by atoms with Gasteiger partial charge in [-0.15, -0.1) is 0 Å². The molecule has 1 aliphatic rings. The van der Waals surface area contributed by atoms with Gasteiger partial charge in [-0.05, 0) is 36.3 Å². The van der Waals surface area contributed by atoms with Gasteiger partial charge in [-0.1, -0.05) is 84.2 Å². The van der Waals surface area contributed by atoms with Gasteiger partial charge in [0, 0.05) is 6.61 Å². The second kappa shape index (κ2) is 9.09. The molecule has 1 aliphatic heterocycles.